The first kappa shape index (κ1) is 39.7. The van der Waals surface area contributed by atoms with Gasteiger partial charge in [0.1, 0.15) is 11.6 Å². The van der Waals surface area contributed by atoms with Crippen molar-refractivity contribution in [2.75, 3.05) is 34.4 Å². The second kappa shape index (κ2) is 18.3. The Morgan fingerprint density at radius 1 is 1.02 bits per heavy atom. The highest BCUT2D eigenvalue weighted by Gasteiger charge is 2.30. The normalized spacial score (nSPS) is 13.1. The molecule has 1 aliphatic heterocycles. The van der Waals surface area contributed by atoms with Crippen LogP contribution in [0.2, 0.25) is 0 Å². The van der Waals surface area contributed by atoms with Gasteiger partial charge in [0.2, 0.25) is 18.2 Å². The molecule has 0 aliphatic carbocycles. The number of nitrogen functional groups attached to an aromatic ring is 1. The Bertz CT molecular complexity index is 2310. The lowest BCUT2D eigenvalue weighted by Gasteiger charge is -2.34. The van der Waals surface area contributed by atoms with Crippen molar-refractivity contribution >= 4 is 47.4 Å². The van der Waals surface area contributed by atoms with Crippen molar-refractivity contribution in [3.05, 3.63) is 106 Å². The van der Waals surface area contributed by atoms with E-state index >= 15 is 0 Å². The van der Waals surface area contributed by atoms with Gasteiger partial charge in [-0.05, 0) is 30.7 Å². The van der Waals surface area contributed by atoms with Crippen molar-refractivity contribution < 1.29 is 33.8 Å². The van der Waals surface area contributed by atoms with Gasteiger partial charge in [-0.2, -0.15) is 9.37 Å². The van der Waals surface area contributed by atoms with Crippen molar-refractivity contribution in [1.82, 2.24) is 35.2 Å². The molecule has 0 saturated carbocycles. The summed E-state index contributed by atoms with van der Waals surface area (Å²) in [6, 6.07) is 4.36. The lowest BCUT2D eigenvalue weighted by molar-refractivity contribution is -0.140. The minimum Gasteiger partial charge on any atom is -0.481 e. The molecule has 23 heteroatoms. The van der Waals surface area contributed by atoms with Gasteiger partial charge >= 0.3 is 23.3 Å². The predicted octanol–water partition coefficient (Wildman–Crippen LogP) is -2.48. The molecule has 1 aromatic carbocycles. The number of carboxylic acid groups (broad SMARTS) is 2. The quantitative estimate of drug-likeness (QED) is 0.0592. The van der Waals surface area contributed by atoms with Crippen LogP contribution in [-0.2, 0) is 14.4 Å². The maximum absolute atomic E-state index is 12.3. The number of hydrogen-bond acceptors (Lipinski definition) is 13. The second-order valence-electron chi connectivity index (χ2n) is 10.5. The van der Waals surface area contributed by atoms with E-state index in [1.54, 1.807) is 17.1 Å². The number of H-pyrrole nitrogens is 5. The van der Waals surface area contributed by atoms with Crippen LogP contribution in [0, 0.1) is 18.2 Å². The molecule has 12 N–H and O–H groups in total. The van der Waals surface area contributed by atoms with Crippen LogP contribution in [0.15, 0.2) is 60.6 Å². The van der Waals surface area contributed by atoms with Gasteiger partial charge in [-0.1, -0.05) is 5.92 Å². The number of hydrogen-bond donors (Lipinski definition) is 11. The maximum atomic E-state index is 12.3. The van der Waals surface area contributed by atoms with Gasteiger partial charge in [0.15, 0.2) is 11.5 Å². The number of anilines is 4. The largest absolute Gasteiger partial charge is 0.481 e. The zero-order valence-corrected chi connectivity index (χ0v) is 27.0. The van der Waals surface area contributed by atoms with Crippen LogP contribution in [-0.4, -0.2) is 89.5 Å². The van der Waals surface area contributed by atoms with Crippen LogP contribution >= 0.6 is 0 Å². The predicted molar refractivity (Wildman–Crippen MR) is 184 cm³/mol. The van der Waals surface area contributed by atoms with Crippen molar-refractivity contribution in [3.8, 4) is 12.3 Å². The molecule has 22 nitrogen and oxygen atoms in total. The summed E-state index contributed by atoms with van der Waals surface area (Å²) in [5, 5.41) is 26.3. The summed E-state index contributed by atoms with van der Waals surface area (Å²) in [6.45, 7) is 0.568. The van der Waals surface area contributed by atoms with E-state index in [1.807, 2.05) is 9.97 Å². The maximum Gasteiger partial charge on any atom is 0.326 e. The van der Waals surface area contributed by atoms with E-state index in [-0.39, 0.29) is 41.5 Å². The third-order valence-electron chi connectivity index (χ3n) is 6.87. The van der Waals surface area contributed by atoms with Gasteiger partial charge in [-0.25, -0.2) is 14.4 Å². The van der Waals surface area contributed by atoms with Gasteiger partial charge < -0.3 is 46.8 Å². The lowest BCUT2D eigenvalue weighted by atomic mass is 10.1. The van der Waals surface area contributed by atoms with Gasteiger partial charge in [0, 0.05) is 43.2 Å². The molecule has 278 valence electrons. The molecule has 1 unspecified atom stereocenters. The molecule has 1 aliphatic rings. The topological polar surface area (TPSA) is 351 Å². The van der Waals surface area contributed by atoms with E-state index in [0.29, 0.717) is 24.8 Å². The fourth-order valence-corrected chi connectivity index (χ4v) is 4.30. The fraction of sp³-hybridized carbons (Fsp3) is 0.200. The van der Waals surface area contributed by atoms with Crippen LogP contribution in [0.5, 0.6) is 0 Å². The summed E-state index contributed by atoms with van der Waals surface area (Å²) in [6.07, 6.45) is 6.71. The third kappa shape index (κ3) is 11.4. The number of amides is 2. The molecule has 53 heavy (non-hydrogen) atoms. The second-order valence-corrected chi connectivity index (χ2v) is 10.5. The highest BCUT2D eigenvalue weighted by atomic mass is 19.1. The molecule has 0 radical (unpaired) electrons. The number of fused-ring (bicyclic) bond motifs is 1. The minimum absolute atomic E-state index is 0.0603. The summed E-state index contributed by atoms with van der Waals surface area (Å²) in [5.74, 6) is -1.89. The third-order valence-corrected chi connectivity index (χ3v) is 6.87. The number of halogens is 1. The molecule has 2 amide bonds. The van der Waals surface area contributed by atoms with Crippen LogP contribution < -0.4 is 54.6 Å². The van der Waals surface area contributed by atoms with Crippen molar-refractivity contribution in [3.63, 3.8) is 0 Å². The molecule has 0 saturated heterocycles. The van der Waals surface area contributed by atoms with Crippen LogP contribution in [0.4, 0.5) is 27.5 Å². The number of carboxylic acids is 2. The van der Waals surface area contributed by atoms with Gasteiger partial charge in [0.05, 0.1) is 6.04 Å². The van der Waals surface area contributed by atoms with E-state index in [2.05, 4.69) is 36.8 Å². The summed E-state index contributed by atoms with van der Waals surface area (Å²) in [4.78, 5) is 115. The molecular weight excluding hydrogens is 709 g/mol. The first-order valence-corrected chi connectivity index (χ1v) is 14.9. The standard InChI is InChI=1S/C20H23N7O7.C6H4N2O2.C4H3FN2O2/c21-20-25-16-15(18(32)26-20)27(9-28)12(8-23-16)7-22-11-3-1-10(2-4-11)17(31)24-13(19(33)34)5-6-14(29)30;1-2-4-3-7-6(10)8-5(4)9;5-2-1-6-4(9)7-3(2)8/h1-4,9,12-13,22H,5-8H2,(H,24,31)(H,29,30)(H,33,34)(H4,21,23,25,26,32);1,3H,(H2,7,8,9,10);1H,(H2,6,7,8,9)/t12?,13-;;/m0../s1. The summed E-state index contributed by atoms with van der Waals surface area (Å²) in [7, 11) is 0. The number of aromatic amines is 5. The molecule has 0 spiro atoms. The zero-order chi connectivity index (χ0) is 39.2. The highest BCUT2D eigenvalue weighted by Crippen LogP contribution is 2.25. The molecule has 3 aromatic heterocycles. The number of carbonyl (C=O) groups excluding carboxylic acids is 2. The van der Waals surface area contributed by atoms with Crippen LogP contribution in [0.25, 0.3) is 0 Å². The van der Waals surface area contributed by atoms with E-state index in [0.717, 1.165) is 0 Å². The number of nitrogens with zero attached hydrogens (tertiary/aromatic N) is 2. The molecule has 4 heterocycles. The highest BCUT2D eigenvalue weighted by molar-refractivity contribution is 5.97. The Hall–Kier alpha value is -7.77. The molecule has 4 aromatic rings. The average Bonchev–Trinajstić information content (AvgIpc) is 3.11. The van der Waals surface area contributed by atoms with Crippen molar-refractivity contribution in [2.24, 2.45) is 0 Å². The van der Waals surface area contributed by atoms with Crippen LogP contribution in [0.1, 0.15) is 28.8 Å². The van der Waals surface area contributed by atoms with E-state index in [9.17, 15) is 52.6 Å². The van der Waals surface area contributed by atoms with E-state index in [4.69, 9.17) is 17.3 Å². The summed E-state index contributed by atoms with van der Waals surface area (Å²) < 4.78 is 12.0. The van der Waals surface area contributed by atoms with Crippen molar-refractivity contribution in [2.45, 2.75) is 24.9 Å². The number of carbonyl (C=O) groups is 4. The Balaban J connectivity index is 0.000000321. The van der Waals surface area contributed by atoms with Crippen molar-refractivity contribution in [1.29, 1.82) is 0 Å². The molecule has 0 bridgehead atoms. The Labute approximate surface area is 293 Å². The minimum atomic E-state index is -1.33. The number of aromatic nitrogens is 6. The van der Waals surface area contributed by atoms with Gasteiger partial charge in [-0.3, -0.25) is 43.7 Å². The number of rotatable bonds is 10. The number of benzene rings is 1. The smallest absolute Gasteiger partial charge is 0.326 e. The first-order valence-electron chi connectivity index (χ1n) is 14.9. The SMILES string of the molecule is C#Cc1c[nH]c(=O)[nH]c1=O.Nc1nc2c(c(=O)[nH]1)N(C=O)C(CNc1ccc(C(=O)N[C@@H](CCC(=O)O)C(=O)O)cc1)CN2.O=c1[nH]cc(F)c(=O)[nH]1. The van der Waals surface area contributed by atoms with Gasteiger partial charge in [0.25, 0.3) is 22.6 Å². The Morgan fingerprint density at radius 3 is 2.21 bits per heavy atom. The van der Waals surface area contributed by atoms with Gasteiger partial charge in [-0.15, -0.1) is 6.42 Å². The number of aliphatic carboxylic acids is 2. The molecule has 5 rings (SSSR count). The monoisotopic (exact) mass is 739 g/mol. The molecule has 0 fully saturated rings. The van der Waals surface area contributed by atoms with E-state index < -0.39 is 70.2 Å². The van der Waals surface area contributed by atoms with E-state index in [1.165, 1.54) is 23.2 Å². The lowest BCUT2D eigenvalue weighted by Crippen LogP contribution is -2.50. The molecule has 2 atom stereocenters. The zero-order valence-electron chi connectivity index (χ0n) is 27.0. The average molecular weight is 740 g/mol. The van der Waals surface area contributed by atoms with Crippen LogP contribution in [0.3, 0.4) is 0 Å². The first-order chi connectivity index (χ1) is 25.1. The number of terminal acetylenes is 1. The number of nitrogens with two attached hydrogens (primary N) is 1. The Morgan fingerprint density at radius 2 is 1.66 bits per heavy atom. The fourth-order valence-electron chi connectivity index (χ4n) is 4.30. The summed E-state index contributed by atoms with van der Waals surface area (Å²) >= 11 is 0. The molecular formula is C30H30FN11O11. The Kier molecular flexibility index (Phi) is 13.7. The summed E-state index contributed by atoms with van der Waals surface area (Å²) in [5.41, 5.74) is 3.17. The number of nitrogens with one attached hydrogen (secondary N) is 8.